The lowest BCUT2D eigenvalue weighted by Crippen LogP contribution is -2.48. The summed E-state index contributed by atoms with van der Waals surface area (Å²) in [4.78, 5) is 31.6. The molecule has 1 saturated heterocycles. The molecule has 0 bridgehead atoms. The molecule has 29 heavy (non-hydrogen) atoms. The molecule has 2 heterocycles. The lowest BCUT2D eigenvalue weighted by Gasteiger charge is -2.36. The average Bonchev–Trinajstić information content (AvgIpc) is 3.11. The third-order valence-electron chi connectivity index (χ3n) is 5.34. The number of nitrogens with one attached hydrogen (secondary N) is 1. The number of hydrogen-bond donors (Lipinski definition) is 1. The minimum absolute atomic E-state index is 0.0177. The molecule has 1 amide bonds. The van der Waals surface area contributed by atoms with Crippen molar-refractivity contribution in [2.75, 3.05) is 38.2 Å². The van der Waals surface area contributed by atoms with Crippen LogP contribution in [-0.2, 0) is 0 Å². The van der Waals surface area contributed by atoms with Crippen molar-refractivity contribution in [2.24, 2.45) is 0 Å². The van der Waals surface area contributed by atoms with Crippen LogP contribution in [0, 0.1) is 6.92 Å². The molecule has 0 unspecified atom stereocenters. The molecule has 0 radical (unpaired) electrons. The monoisotopic (exact) mass is 392 g/mol. The maximum atomic E-state index is 12.9. The van der Waals surface area contributed by atoms with Crippen molar-refractivity contribution in [3.63, 3.8) is 0 Å². The first-order valence-corrected chi connectivity index (χ1v) is 9.62. The summed E-state index contributed by atoms with van der Waals surface area (Å²) < 4.78 is 6.79. The number of benzene rings is 2. The molecule has 1 aromatic heterocycles. The summed E-state index contributed by atoms with van der Waals surface area (Å²) in [5, 5.41) is 0. The molecule has 0 aliphatic carbocycles. The summed E-state index contributed by atoms with van der Waals surface area (Å²) >= 11 is 0. The van der Waals surface area contributed by atoms with Crippen LogP contribution in [0.5, 0.6) is 5.75 Å². The Balaban J connectivity index is 1.41. The molecule has 4 rings (SSSR count). The number of ether oxygens (including phenoxy) is 1. The summed E-state index contributed by atoms with van der Waals surface area (Å²) in [6.07, 6.45) is 1.67. The molecule has 1 aliphatic heterocycles. The number of imidazole rings is 1. The summed E-state index contributed by atoms with van der Waals surface area (Å²) in [6, 6.07) is 15.2. The van der Waals surface area contributed by atoms with Gasteiger partial charge in [-0.2, -0.15) is 0 Å². The minimum atomic E-state index is -0.184. The molecule has 1 N–H and O–H groups in total. The molecule has 1 fully saturated rings. The minimum Gasteiger partial charge on any atom is -0.497 e. The Bertz CT molecular complexity index is 1040. The van der Waals surface area contributed by atoms with Gasteiger partial charge in [0.2, 0.25) is 0 Å². The molecule has 0 spiro atoms. The van der Waals surface area contributed by atoms with Crippen LogP contribution in [0.2, 0.25) is 0 Å². The number of H-pyrrole nitrogens is 1. The van der Waals surface area contributed by atoms with E-state index >= 15 is 0 Å². The fourth-order valence-corrected chi connectivity index (χ4v) is 3.67. The molecular weight excluding hydrogens is 368 g/mol. The van der Waals surface area contributed by atoms with Crippen LogP contribution in [-0.4, -0.2) is 53.6 Å². The van der Waals surface area contributed by atoms with Crippen molar-refractivity contribution in [3.05, 3.63) is 76.5 Å². The van der Waals surface area contributed by atoms with E-state index in [0.717, 1.165) is 35.9 Å². The fraction of sp³-hybridized carbons (Fsp3) is 0.273. The normalized spacial score (nSPS) is 14.1. The third-order valence-corrected chi connectivity index (χ3v) is 5.34. The fourth-order valence-electron chi connectivity index (χ4n) is 3.67. The summed E-state index contributed by atoms with van der Waals surface area (Å²) in [7, 11) is 1.66. The highest BCUT2D eigenvalue weighted by molar-refractivity contribution is 5.94. The average molecular weight is 392 g/mol. The van der Waals surface area contributed by atoms with Gasteiger partial charge in [-0.1, -0.05) is 0 Å². The molecule has 3 aromatic rings. The Labute approximate surface area is 169 Å². The van der Waals surface area contributed by atoms with Gasteiger partial charge in [0.1, 0.15) is 5.75 Å². The number of aryl methyl sites for hydroxylation is 1. The van der Waals surface area contributed by atoms with E-state index in [0.29, 0.717) is 18.7 Å². The second-order valence-electron chi connectivity index (χ2n) is 7.09. The van der Waals surface area contributed by atoms with Gasteiger partial charge in [0, 0.05) is 49.3 Å². The van der Waals surface area contributed by atoms with Gasteiger partial charge in [0.25, 0.3) is 5.91 Å². The maximum Gasteiger partial charge on any atom is 0.330 e. The second kappa shape index (κ2) is 7.87. The quantitative estimate of drug-likeness (QED) is 0.740. The van der Waals surface area contributed by atoms with Gasteiger partial charge in [-0.15, -0.1) is 0 Å². The molecule has 7 nitrogen and oxygen atoms in total. The third kappa shape index (κ3) is 3.76. The molecule has 1 aliphatic rings. The molecule has 150 valence electrons. The van der Waals surface area contributed by atoms with Gasteiger partial charge in [-0.05, 0) is 55.5 Å². The highest BCUT2D eigenvalue weighted by Gasteiger charge is 2.22. The van der Waals surface area contributed by atoms with Crippen LogP contribution in [0.3, 0.4) is 0 Å². The van der Waals surface area contributed by atoms with Crippen LogP contribution in [0.15, 0.2) is 59.5 Å². The van der Waals surface area contributed by atoms with Gasteiger partial charge in [0.05, 0.1) is 12.8 Å². The number of carbonyl (C=O) groups excluding carboxylic acids is 1. The standard InChI is InChI=1S/C22H24N4O3/c1-16-15-23-22(28)26(16)19-5-3-17(4-6-19)21(27)25-13-11-24(12-14-25)18-7-9-20(29-2)10-8-18/h3-10,15H,11-14H2,1-2H3,(H,23,28). The Morgan fingerprint density at radius 2 is 1.55 bits per heavy atom. The number of methoxy groups -OCH3 is 1. The van der Waals surface area contributed by atoms with Gasteiger partial charge in [-0.3, -0.25) is 9.36 Å². The summed E-state index contributed by atoms with van der Waals surface area (Å²) in [6.45, 7) is 4.77. The van der Waals surface area contributed by atoms with Crippen molar-refractivity contribution < 1.29 is 9.53 Å². The highest BCUT2D eigenvalue weighted by atomic mass is 16.5. The Hall–Kier alpha value is -3.48. The van der Waals surface area contributed by atoms with Crippen molar-refractivity contribution in [2.45, 2.75) is 6.92 Å². The Kier molecular flexibility index (Phi) is 5.12. The largest absolute Gasteiger partial charge is 0.497 e. The zero-order chi connectivity index (χ0) is 20.4. The van der Waals surface area contributed by atoms with E-state index in [1.54, 1.807) is 30.0 Å². The first-order valence-electron chi connectivity index (χ1n) is 9.62. The zero-order valence-electron chi connectivity index (χ0n) is 16.6. The molecule has 7 heteroatoms. The van der Waals surface area contributed by atoms with E-state index in [9.17, 15) is 9.59 Å². The number of aromatic nitrogens is 2. The zero-order valence-corrected chi connectivity index (χ0v) is 16.6. The van der Waals surface area contributed by atoms with Crippen molar-refractivity contribution >= 4 is 11.6 Å². The first-order chi connectivity index (χ1) is 14.1. The lowest BCUT2D eigenvalue weighted by molar-refractivity contribution is 0.0747. The predicted molar refractivity (Wildman–Crippen MR) is 112 cm³/mol. The van der Waals surface area contributed by atoms with Crippen molar-refractivity contribution in [3.8, 4) is 11.4 Å². The number of nitrogens with zero attached hydrogens (tertiary/aromatic N) is 3. The lowest BCUT2D eigenvalue weighted by atomic mass is 10.1. The number of piperazine rings is 1. The van der Waals surface area contributed by atoms with E-state index < -0.39 is 0 Å². The number of carbonyl (C=O) groups is 1. The molecule has 0 saturated carbocycles. The van der Waals surface area contributed by atoms with Crippen molar-refractivity contribution in [1.82, 2.24) is 14.5 Å². The first kappa shape index (κ1) is 18.9. The van der Waals surface area contributed by atoms with Crippen LogP contribution in [0.4, 0.5) is 5.69 Å². The van der Waals surface area contributed by atoms with Crippen LogP contribution in [0.1, 0.15) is 16.1 Å². The highest BCUT2D eigenvalue weighted by Crippen LogP contribution is 2.21. The topological polar surface area (TPSA) is 70.6 Å². The van der Waals surface area contributed by atoms with E-state index in [2.05, 4.69) is 9.88 Å². The molecule has 0 atom stereocenters. The summed E-state index contributed by atoms with van der Waals surface area (Å²) in [5.41, 5.74) is 3.15. The smallest absolute Gasteiger partial charge is 0.330 e. The summed E-state index contributed by atoms with van der Waals surface area (Å²) in [5.74, 6) is 0.854. The number of aromatic amines is 1. The van der Waals surface area contributed by atoms with Crippen molar-refractivity contribution in [1.29, 1.82) is 0 Å². The number of anilines is 1. The number of amides is 1. The van der Waals surface area contributed by atoms with Crippen LogP contribution in [0.25, 0.3) is 5.69 Å². The van der Waals surface area contributed by atoms with Gasteiger partial charge >= 0.3 is 5.69 Å². The molecule has 2 aromatic carbocycles. The van der Waals surface area contributed by atoms with Crippen LogP contribution < -0.4 is 15.3 Å². The van der Waals surface area contributed by atoms with E-state index in [-0.39, 0.29) is 11.6 Å². The van der Waals surface area contributed by atoms with Gasteiger partial charge in [-0.25, -0.2) is 4.79 Å². The number of rotatable bonds is 4. The van der Waals surface area contributed by atoms with Gasteiger partial charge in [0.15, 0.2) is 0 Å². The predicted octanol–water partition coefficient (Wildman–Crippen LogP) is 2.45. The number of hydrogen-bond acceptors (Lipinski definition) is 4. The Morgan fingerprint density at radius 1 is 0.931 bits per heavy atom. The van der Waals surface area contributed by atoms with E-state index in [4.69, 9.17) is 4.74 Å². The maximum absolute atomic E-state index is 12.9. The van der Waals surface area contributed by atoms with E-state index in [1.807, 2.05) is 48.2 Å². The Morgan fingerprint density at radius 3 is 2.10 bits per heavy atom. The van der Waals surface area contributed by atoms with Gasteiger partial charge < -0.3 is 19.5 Å². The SMILES string of the molecule is COc1ccc(N2CCN(C(=O)c3ccc(-n4c(C)c[nH]c4=O)cc3)CC2)cc1. The second-order valence-corrected chi connectivity index (χ2v) is 7.09. The van der Waals surface area contributed by atoms with E-state index in [1.165, 1.54) is 0 Å². The van der Waals surface area contributed by atoms with Crippen LogP contribution >= 0.6 is 0 Å². The molecular formula is C22H24N4O3.